The highest BCUT2D eigenvalue weighted by Crippen LogP contribution is 2.16. The summed E-state index contributed by atoms with van der Waals surface area (Å²) >= 11 is 5.91. The zero-order chi connectivity index (χ0) is 17.3. The third-order valence-corrected chi connectivity index (χ3v) is 3.68. The number of carbonyl (C=O) groups excluding carboxylic acids is 1. The predicted molar refractivity (Wildman–Crippen MR) is 87.2 cm³/mol. The summed E-state index contributed by atoms with van der Waals surface area (Å²) in [5, 5.41) is 12.9. The molecule has 0 unspecified atom stereocenters. The SMILES string of the molecule is CCOC(=O)Cc1cnn(C)c1-n1nnc2cc(Cl)ccc2c1=O. The standard InChI is InChI=1S/C15H14ClN5O3/c1-3-24-13(22)6-9-8-17-20(2)14(9)21-15(23)11-5-4-10(16)7-12(11)18-19-21/h4-5,7-8H,3,6H2,1-2H3. The van der Waals surface area contributed by atoms with Crippen molar-refractivity contribution in [3.63, 3.8) is 0 Å². The monoisotopic (exact) mass is 347 g/mol. The number of benzene rings is 1. The van der Waals surface area contributed by atoms with E-state index in [4.69, 9.17) is 16.3 Å². The van der Waals surface area contributed by atoms with Crippen molar-refractivity contribution in [3.05, 3.63) is 45.3 Å². The Balaban J connectivity index is 2.13. The molecular weight excluding hydrogens is 334 g/mol. The van der Waals surface area contributed by atoms with E-state index < -0.39 is 5.97 Å². The molecule has 0 bridgehead atoms. The van der Waals surface area contributed by atoms with E-state index in [0.717, 1.165) is 4.68 Å². The van der Waals surface area contributed by atoms with E-state index in [-0.39, 0.29) is 18.6 Å². The fraction of sp³-hybridized carbons (Fsp3) is 0.267. The highest BCUT2D eigenvalue weighted by Gasteiger charge is 2.18. The van der Waals surface area contributed by atoms with Crippen molar-refractivity contribution < 1.29 is 9.53 Å². The van der Waals surface area contributed by atoms with Gasteiger partial charge in [0.1, 0.15) is 5.52 Å². The highest BCUT2D eigenvalue weighted by atomic mass is 35.5. The first-order valence-electron chi connectivity index (χ1n) is 7.23. The summed E-state index contributed by atoms with van der Waals surface area (Å²) in [6.07, 6.45) is 1.50. The molecule has 24 heavy (non-hydrogen) atoms. The fourth-order valence-electron chi connectivity index (χ4n) is 2.40. The number of rotatable bonds is 4. The number of aryl methyl sites for hydroxylation is 1. The van der Waals surface area contributed by atoms with Crippen LogP contribution in [0.3, 0.4) is 0 Å². The van der Waals surface area contributed by atoms with E-state index in [1.165, 1.54) is 10.9 Å². The first kappa shape index (κ1) is 16.1. The van der Waals surface area contributed by atoms with Crippen molar-refractivity contribution in [1.29, 1.82) is 0 Å². The molecule has 0 saturated carbocycles. The molecular formula is C15H14ClN5O3. The van der Waals surface area contributed by atoms with Crippen LogP contribution < -0.4 is 5.56 Å². The van der Waals surface area contributed by atoms with Crippen LogP contribution in [0.15, 0.2) is 29.2 Å². The fourth-order valence-corrected chi connectivity index (χ4v) is 2.56. The molecule has 0 spiro atoms. The normalized spacial score (nSPS) is 11.0. The Morgan fingerprint density at radius 2 is 2.17 bits per heavy atom. The molecule has 124 valence electrons. The van der Waals surface area contributed by atoms with Gasteiger partial charge >= 0.3 is 5.97 Å². The number of hydrogen-bond acceptors (Lipinski definition) is 6. The molecule has 0 N–H and O–H groups in total. The highest BCUT2D eigenvalue weighted by molar-refractivity contribution is 6.31. The molecule has 0 saturated heterocycles. The molecule has 0 amide bonds. The molecule has 3 aromatic rings. The topological polar surface area (TPSA) is 91.9 Å². The van der Waals surface area contributed by atoms with E-state index in [2.05, 4.69) is 15.4 Å². The van der Waals surface area contributed by atoms with Crippen LogP contribution in [-0.2, 0) is 23.0 Å². The molecule has 0 aliphatic rings. The third-order valence-electron chi connectivity index (χ3n) is 3.45. The summed E-state index contributed by atoms with van der Waals surface area (Å²) in [7, 11) is 1.66. The zero-order valence-electron chi connectivity index (χ0n) is 13.1. The second-order valence-corrected chi connectivity index (χ2v) is 5.50. The van der Waals surface area contributed by atoms with Gasteiger partial charge in [-0.2, -0.15) is 9.78 Å². The van der Waals surface area contributed by atoms with E-state index >= 15 is 0 Å². The van der Waals surface area contributed by atoms with Gasteiger partial charge in [-0.25, -0.2) is 0 Å². The number of aromatic nitrogens is 5. The quantitative estimate of drug-likeness (QED) is 0.660. The van der Waals surface area contributed by atoms with Crippen LogP contribution in [0.5, 0.6) is 0 Å². The van der Waals surface area contributed by atoms with Crippen LogP contribution in [0, 0.1) is 0 Å². The maximum absolute atomic E-state index is 12.7. The van der Waals surface area contributed by atoms with Gasteiger partial charge in [0.2, 0.25) is 0 Å². The maximum atomic E-state index is 12.7. The molecule has 8 nitrogen and oxygen atoms in total. The van der Waals surface area contributed by atoms with E-state index in [1.807, 2.05) is 0 Å². The summed E-state index contributed by atoms with van der Waals surface area (Å²) in [5.74, 6) is -0.0299. The average Bonchev–Trinajstić information content (AvgIpc) is 2.88. The molecule has 1 aromatic carbocycles. The van der Waals surface area contributed by atoms with Crippen LogP contribution in [0.25, 0.3) is 16.7 Å². The van der Waals surface area contributed by atoms with Gasteiger partial charge in [-0.1, -0.05) is 16.8 Å². The van der Waals surface area contributed by atoms with Gasteiger partial charge in [0, 0.05) is 17.6 Å². The first-order chi connectivity index (χ1) is 11.5. The van der Waals surface area contributed by atoms with E-state index in [0.29, 0.717) is 27.3 Å². The number of halogens is 1. The largest absolute Gasteiger partial charge is 0.466 e. The lowest BCUT2D eigenvalue weighted by molar-refractivity contribution is -0.142. The van der Waals surface area contributed by atoms with Crippen molar-refractivity contribution >= 4 is 28.5 Å². The molecule has 0 aliphatic carbocycles. The Hall–Kier alpha value is -2.74. The van der Waals surface area contributed by atoms with Crippen molar-refractivity contribution in [1.82, 2.24) is 24.8 Å². The van der Waals surface area contributed by atoms with Crippen LogP contribution in [-0.4, -0.2) is 37.4 Å². The minimum absolute atomic E-state index is 0.0101. The Morgan fingerprint density at radius 3 is 2.92 bits per heavy atom. The maximum Gasteiger partial charge on any atom is 0.310 e. The van der Waals surface area contributed by atoms with Gasteiger partial charge in [-0.05, 0) is 25.1 Å². The second-order valence-electron chi connectivity index (χ2n) is 5.07. The molecule has 0 radical (unpaired) electrons. The lowest BCUT2D eigenvalue weighted by Crippen LogP contribution is -2.26. The van der Waals surface area contributed by atoms with E-state index in [1.54, 1.807) is 32.2 Å². The minimum atomic E-state index is -0.402. The Morgan fingerprint density at radius 1 is 1.38 bits per heavy atom. The number of nitrogens with zero attached hydrogens (tertiary/aromatic N) is 5. The van der Waals surface area contributed by atoms with Crippen molar-refractivity contribution in [2.75, 3.05) is 6.61 Å². The van der Waals surface area contributed by atoms with Gasteiger partial charge < -0.3 is 4.74 Å². The number of fused-ring (bicyclic) bond motifs is 1. The van der Waals surface area contributed by atoms with E-state index in [9.17, 15) is 9.59 Å². The lowest BCUT2D eigenvalue weighted by Gasteiger charge is -2.08. The van der Waals surface area contributed by atoms with Gasteiger partial charge in [0.05, 0.1) is 24.6 Å². The molecule has 0 aliphatic heterocycles. The second kappa shape index (κ2) is 6.40. The van der Waals surface area contributed by atoms with Crippen LogP contribution >= 0.6 is 11.6 Å². The van der Waals surface area contributed by atoms with Gasteiger partial charge in [-0.3, -0.25) is 14.3 Å². The number of hydrogen-bond donors (Lipinski definition) is 0. The molecule has 3 rings (SSSR count). The summed E-state index contributed by atoms with van der Waals surface area (Å²) < 4.78 is 7.53. The molecule has 0 atom stereocenters. The van der Waals surface area contributed by atoms with Crippen molar-refractivity contribution in [2.45, 2.75) is 13.3 Å². The van der Waals surface area contributed by atoms with Crippen LogP contribution in [0.1, 0.15) is 12.5 Å². The van der Waals surface area contributed by atoms with Crippen LogP contribution in [0.2, 0.25) is 5.02 Å². The number of ether oxygens (including phenoxy) is 1. The molecule has 2 heterocycles. The number of carbonyl (C=O) groups is 1. The Bertz CT molecular complexity index is 979. The molecule has 9 heteroatoms. The zero-order valence-corrected chi connectivity index (χ0v) is 13.8. The minimum Gasteiger partial charge on any atom is -0.466 e. The lowest BCUT2D eigenvalue weighted by atomic mass is 10.2. The van der Waals surface area contributed by atoms with Crippen molar-refractivity contribution in [3.8, 4) is 5.82 Å². The van der Waals surface area contributed by atoms with Gasteiger partial charge in [0.15, 0.2) is 5.82 Å². The third kappa shape index (κ3) is 2.88. The summed E-state index contributed by atoms with van der Waals surface area (Å²) in [5.41, 5.74) is 0.559. The first-order valence-corrected chi connectivity index (χ1v) is 7.61. The number of esters is 1. The van der Waals surface area contributed by atoms with Gasteiger partial charge in [-0.15, -0.1) is 5.10 Å². The van der Waals surface area contributed by atoms with Gasteiger partial charge in [0.25, 0.3) is 5.56 Å². The van der Waals surface area contributed by atoms with Crippen LogP contribution in [0.4, 0.5) is 0 Å². The Labute approximate surface area is 141 Å². The summed E-state index contributed by atoms with van der Waals surface area (Å²) in [4.78, 5) is 24.5. The average molecular weight is 348 g/mol. The summed E-state index contributed by atoms with van der Waals surface area (Å²) in [6, 6.07) is 4.77. The molecule has 2 aromatic heterocycles. The summed E-state index contributed by atoms with van der Waals surface area (Å²) in [6.45, 7) is 2.01. The Kier molecular flexibility index (Phi) is 4.30. The smallest absolute Gasteiger partial charge is 0.310 e. The molecule has 0 fully saturated rings. The van der Waals surface area contributed by atoms with Crippen molar-refractivity contribution in [2.24, 2.45) is 7.05 Å². The predicted octanol–water partition coefficient (Wildman–Crippen LogP) is 1.27.